The summed E-state index contributed by atoms with van der Waals surface area (Å²) in [6, 6.07) is 2.12. The molecule has 0 aliphatic carbocycles. The van der Waals surface area contributed by atoms with E-state index in [1.165, 1.54) is 18.2 Å². The van der Waals surface area contributed by atoms with Gasteiger partial charge in [0.1, 0.15) is 6.04 Å². The highest BCUT2D eigenvalue weighted by molar-refractivity contribution is 6.35. The summed E-state index contributed by atoms with van der Waals surface area (Å²) in [6.07, 6.45) is -0.491. The van der Waals surface area contributed by atoms with Gasteiger partial charge in [-0.15, -0.1) is 0 Å². The standard InChI is InChI=1S/C12H12Cl2N2O5/c1-21-10(17)5-9(11(18)19)16-12(20)15-8-3-6(13)2-7(14)4-8/h2-4,9H,5H2,1H3,(H,18,19)(H2,15,16,20)/t9-/m0/s1. The molecule has 0 heterocycles. The van der Waals surface area contributed by atoms with Gasteiger partial charge in [-0.3, -0.25) is 4.79 Å². The first kappa shape index (κ1) is 17.1. The third kappa shape index (κ3) is 5.88. The van der Waals surface area contributed by atoms with Gasteiger partial charge < -0.3 is 20.5 Å². The molecule has 1 aromatic carbocycles. The Morgan fingerprint density at radius 1 is 1.24 bits per heavy atom. The molecule has 3 N–H and O–H groups in total. The van der Waals surface area contributed by atoms with Crippen LogP contribution in [0.4, 0.5) is 10.5 Å². The topological polar surface area (TPSA) is 105 Å². The number of nitrogens with one attached hydrogen (secondary N) is 2. The molecule has 7 nitrogen and oxygen atoms in total. The molecule has 0 saturated carbocycles. The Bertz CT molecular complexity index is 544. The molecule has 9 heteroatoms. The highest BCUT2D eigenvalue weighted by Gasteiger charge is 2.23. The zero-order chi connectivity index (χ0) is 16.0. The summed E-state index contributed by atoms with van der Waals surface area (Å²) < 4.78 is 4.35. The van der Waals surface area contributed by atoms with E-state index in [2.05, 4.69) is 15.4 Å². The van der Waals surface area contributed by atoms with Gasteiger partial charge in [-0.05, 0) is 18.2 Å². The first-order valence-electron chi connectivity index (χ1n) is 5.65. The molecule has 0 radical (unpaired) electrons. The maximum Gasteiger partial charge on any atom is 0.326 e. The van der Waals surface area contributed by atoms with Crippen molar-refractivity contribution in [3.05, 3.63) is 28.2 Å². The number of carboxylic acids is 1. The number of halogens is 2. The Hall–Kier alpha value is -1.99. The fourth-order valence-electron chi connectivity index (χ4n) is 1.40. The van der Waals surface area contributed by atoms with E-state index >= 15 is 0 Å². The fourth-order valence-corrected chi connectivity index (χ4v) is 1.93. The Morgan fingerprint density at radius 2 is 1.81 bits per heavy atom. The van der Waals surface area contributed by atoms with E-state index < -0.39 is 30.4 Å². The van der Waals surface area contributed by atoms with Gasteiger partial charge in [0.2, 0.25) is 0 Å². The molecule has 0 fully saturated rings. The van der Waals surface area contributed by atoms with E-state index in [9.17, 15) is 14.4 Å². The van der Waals surface area contributed by atoms with Crippen LogP contribution in [0.5, 0.6) is 0 Å². The van der Waals surface area contributed by atoms with Crippen LogP contribution in [-0.4, -0.2) is 36.2 Å². The number of carbonyl (C=O) groups is 3. The van der Waals surface area contributed by atoms with Gasteiger partial charge in [-0.25, -0.2) is 9.59 Å². The van der Waals surface area contributed by atoms with Crippen molar-refractivity contribution in [1.82, 2.24) is 5.32 Å². The second kappa shape index (κ2) is 7.70. The molecular weight excluding hydrogens is 323 g/mol. The second-order valence-corrected chi connectivity index (χ2v) is 4.80. The molecule has 0 aromatic heterocycles. The largest absolute Gasteiger partial charge is 0.480 e. The van der Waals surface area contributed by atoms with E-state index in [1.807, 2.05) is 0 Å². The summed E-state index contributed by atoms with van der Waals surface area (Å²) in [4.78, 5) is 33.7. The highest BCUT2D eigenvalue weighted by Crippen LogP contribution is 2.22. The fraction of sp³-hybridized carbons (Fsp3) is 0.250. The molecule has 1 aromatic rings. The maximum absolute atomic E-state index is 11.7. The zero-order valence-corrected chi connectivity index (χ0v) is 12.4. The molecule has 21 heavy (non-hydrogen) atoms. The van der Waals surface area contributed by atoms with Crippen molar-refractivity contribution in [2.24, 2.45) is 0 Å². The van der Waals surface area contributed by atoms with E-state index in [4.69, 9.17) is 28.3 Å². The molecule has 0 bridgehead atoms. The van der Waals surface area contributed by atoms with Gasteiger partial charge in [0.25, 0.3) is 0 Å². The third-order valence-electron chi connectivity index (χ3n) is 2.32. The summed E-state index contributed by atoms with van der Waals surface area (Å²) in [5.41, 5.74) is 0.284. The van der Waals surface area contributed by atoms with Crippen molar-refractivity contribution in [1.29, 1.82) is 0 Å². The number of aliphatic carboxylic acids is 1. The van der Waals surface area contributed by atoms with Crippen molar-refractivity contribution >= 4 is 46.9 Å². The van der Waals surface area contributed by atoms with Crippen LogP contribution < -0.4 is 10.6 Å². The number of carboxylic acid groups (broad SMARTS) is 1. The van der Waals surface area contributed by atoms with Crippen LogP contribution in [0, 0.1) is 0 Å². The minimum Gasteiger partial charge on any atom is -0.480 e. The number of carbonyl (C=O) groups excluding carboxylic acids is 2. The van der Waals surface area contributed by atoms with E-state index in [0.717, 1.165) is 7.11 Å². The lowest BCUT2D eigenvalue weighted by atomic mass is 10.2. The number of hydrogen-bond acceptors (Lipinski definition) is 4. The summed E-state index contributed by atoms with van der Waals surface area (Å²) in [5, 5.41) is 14.0. The summed E-state index contributed by atoms with van der Waals surface area (Å²) in [7, 11) is 1.12. The van der Waals surface area contributed by atoms with Gasteiger partial charge in [-0.2, -0.15) is 0 Å². The smallest absolute Gasteiger partial charge is 0.326 e. The monoisotopic (exact) mass is 334 g/mol. The number of hydrogen-bond donors (Lipinski definition) is 3. The van der Waals surface area contributed by atoms with Gasteiger partial charge >= 0.3 is 18.0 Å². The minimum absolute atomic E-state index is 0.284. The number of urea groups is 1. The first-order chi connectivity index (χ1) is 9.81. The third-order valence-corrected chi connectivity index (χ3v) is 2.76. The van der Waals surface area contributed by atoms with Crippen molar-refractivity contribution < 1.29 is 24.2 Å². The maximum atomic E-state index is 11.7. The Labute approximate surface area is 130 Å². The van der Waals surface area contributed by atoms with Crippen molar-refractivity contribution in [3.63, 3.8) is 0 Å². The SMILES string of the molecule is COC(=O)C[C@H](NC(=O)Nc1cc(Cl)cc(Cl)c1)C(=O)O. The van der Waals surface area contributed by atoms with E-state index in [-0.39, 0.29) is 5.69 Å². The van der Waals surface area contributed by atoms with Gasteiger partial charge in [-0.1, -0.05) is 23.2 Å². The Morgan fingerprint density at radius 3 is 2.29 bits per heavy atom. The summed E-state index contributed by atoms with van der Waals surface area (Å²) >= 11 is 11.5. The lowest BCUT2D eigenvalue weighted by molar-refractivity contribution is -0.147. The van der Waals surface area contributed by atoms with Gasteiger partial charge in [0.05, 0.1) is 13.5 Å². The Kier molecular flexibility index (Phi) is 6.26. The van der Waals surface area contributed by atoms with Crippen LogP contribution in [0.25, 0.3) is 0 Å². The minimum atomic E-state index is -1.41. The van der Waals surface area contributed by atoms with E-state index in [1.54, 1.807) is 0 Å². The van der Waals surface area contributed by atoms with Crippen molar-refractivity contribution in [2.75, 3.05) is 12.4 Å². The number of ether oxygens (including phenoxy) is 1. The second-order valence-electron chi connectivity index (χ2n) is 3.93. The lowest BCUT2D eigenvalue weighted by Crippen LogP contribution is -2.44. The summed E-state index contributed by atoms with van der Waals surface area (Å²) in [6.45, 7) is 0. The van der Waals surface area contributed by atoms with Crippen molar-refractivity contribution in [2.45, 2.75) is 12.5 Å². The average Bonchev–Trinajstić information content (AvgIpc) is 2.36. The predicted octanol–water partition coefficient (Wildman–Crippen LogP) is 2.13. The number of benzene rings is 1. The number of amides is 2. The van der Waals surface area contributed by atoms with Gasteiger partial charge in [0.15, 0.2) is 0 Å². The van der Waals surface area contributed by atoms with Crippen LogP contribution in [0.1, 0.15) is 6.42 Å². The average molecular weight is 335 g/mol. The molecule has 0 unspecified atom stereocenters. The molecule has 1 rings (SSSR count). The first-order valence-corrected chi connectivity index (χ1v) is 6.40. The normalized spacial score (nSPS) is 11.4. The van der Waals surface area contributed by atoms with Crippen LogP contribution in [0.2, 0.25) is 10.0 Å². The molecule has 0 aliphatic heterocycles. The van der Waals surface area contributed by atoms with Gasteiger partial charge in [0, 0.05) is 15.7 Å². The molecule has 1 atom stereocenters. The van der Waals surface area contributed by atoms with Crippen LogP contribution in [-0.2, 0) is 14.3 Å². The number of methoxy groups -OCH3 is 1. The molecular formula is C12H12Cl2N2O5. The Balaban J connectivity index is 2.69. The van der Waals surface area contributed by atoms with Crippen LogP contribution in [0.3, 0.4) is 0 Å². The molecule has 0 saturated heterocycles. The predicted molar refractivity (Wildman–Crippen MR) is 76.7 cm³/mol. The zero-order valence-electron chi connectivity index (χ0n) is 10.9. The number of rotatable bonds is 5. The lowest BCUT2D eigenvalue weighted by Gasteiger charge is -2.14. The van der Waals surface area contributed by atoms with Crippen LogP contribution in [0.15, 0.2) is 18.2 Å². The quantitative estimate of drug-likeness (QED) is 0.715. The number of anilines is 1. The molecule has 114 valence electrons. The number of esters is 1. The highest BCUT2D eigenvalue weighted by atomic mass is 35.5. The molecule has 0 aliphatic rings. The van der Waals surface area contributed by atoms with Crippen molar-refractivity contribution in [3.8, 4) is 0 Å². The molecule has 2 amide bonds. The summed E-state index contributed by atoms with van der Waals surface area (Å²) in [5.74, 6) is -2.12. The van der Waals surface area contributed by atoms with E-state index in [0.29, 0.717) is 10.0 Å². The van der Waals surface area contributed by atoms with Crippen LogP contribution >= 0.6 is 23.2 Å². The molecule has 0 spiro atoms.